The summed E-state index contributed by atoms with van der Waals surface area (Å²) in [5.41, 5.74) is 3.15. The Morgan fingerprint density at radius 1 is 0.451 bits per heavy atom. The molecule has 1 aliphatic carbocycles. The fourth-order valence-electron chi connectivity index (χ4n) is 15.0. The van der Waals surface area contributed by atoms with Crippen molar-refractivity contribution in [3.8, 4) is 11.6 Å². The van der Waals surface area contributed by atoms with E-state index in [2.05, 4.69) is 106 Å². The van der Waals surface area contributed by atoms with Gasteiger partial charge in [0.15, 0.2) is 62.1 Å². The number of amides is 4. The fraction of sp³-hybridized carbons (Fsp3) is 0.596. The van der Waals surface area contributed by atoms with Crippen LogP contribution in [0.1, 0.15) is 275 Å². The summed E-state index contributed by atoms with van der Waals surface area (Å²) in [6, 6.07) is 13.4. The number of ether oxygens (including phenoxy) is 9. The first kappa shape index (κ1) is 112. The fourth-order valence-corrected chi connectivity index (χ4v) is 15.0. The van der Waals surface area contributed by atoms with Crippen LogP contribution in [0.3, 0.4) is 0 Å². The Hall–Kier alpha value is -13.6. The maximum atomic E-state index is 13.2. The first-order valence-corrected chi connectivity index (χ1v) is 49.6. The van der Waals surface area contributed by atoms with Gasteiger partial charge in [-0.15, -0.1) is 0 Å². The van der Waals surface area contributed by atoms with Crippen molar-refractivity contribution in [1.29, 1.82) is 0 Å². The van der Waals surface area contributed by atoms with Gasteiger partial charge in [-0.1, -0.05) is 117 Å². The average Bonchev–Trinajstić information content (AvgIpc) is 1.62. The number of fused-ring (bicyclic) bond motifs is 4. The zero-order chi connectivity index (χ0) is 103. The molecule has 0 unspecified atom stereocenters. The molecule has 0 atom stereocenters. The summed E-state index contributed by atoms with van der Waals surface area (Å²) in [4.78, 5) is 172. The number of nitrogens with one attached hydrogen (secondary N) is 3. The Bertz CT molecular complexity index is 5770. The molecule has 2 aliphatic rings. The molecule has 142 heavy (non-hydrogen) atoms. The van der Waals surface area contributed by atoms with Crippen LogP contribution in [0.4, 0.5) is 61.3 Å². The van der Waals surface area contributed by atoms with Gasteiger partial charge >= 0.3 is 42.2 Å². The summed E-state index contributed by atoms with van der Waals surface area (Å²) in [6.45, 7) is 38.5. The number of aromatic nitrogens is 16. The Morgan fingerprint density at radius 2 is 0.859 bits per heavy atom. The third-order valence-electron chi connectivity index (χ3n) is 22.0. The largest absolute Gasteiger partial charge is 0.465 e. The molecule has 12 rings (SSSR count). The summed E-state index contributed by atoms with van der Waals surface area (Å²) in [6.07, 6.45) is 24.3. The van der Waals surface area contributed by atoms with E-state index >= 15 is 0 Å². The number of rotatable bonds is 43. The van der Waals surface area contributed by atoms with Gasteiger partial charge in [-0.25, -0.2) is 49.0 Å². The van der Waals surface area contributed by atoms with Crippen LogP contribution in [-0.4, -0.2) is 233 Å². The molecule has 1 saturated carbocycles. The summed E-state index contributed by atoms with van der Waals surface area (Å²) in [7, 11) is 1.94. The van der Waals surface area contributed by atoms with Crippen molar-refractivity contribution in [2.24, 2.45) is 0 Å². The van der Waals surface area contributed by atoms with Gasteiger partial charge in [0.1, 0.15) is 48.7 Å². The number of hydrogen-bond acceptors (Lipinski definition) is 34. The van der Waals surface area contributed by atoms with E-state index in [0.29, 0.717) is 115 Å². The molecule has 1 aliphatic heterocycles. The Labute approximate surface area is 829 Å². The number of nitro groups is 1. The minimum atomic E-state index is -0.756. The van der Waals surface area contributed by atoms with Crippen molar-refractivity contribution in [2.75, 3.05) is 115 Å². The molecule has 4 amide bonds. The number of imidazole rings is 4. The quantitative estimate of drug-likeness (QED) is 0.0105. The molecule has 0 spiro atoms. The lowest BCUT2D eigenvalue weighted by Crippen LogP contribution is -2.39. The smallest absolute Gasteiger partial charge is 0.417 e. The van der Waals surface area contributed by atoms with E-state index in [1.165, 1.54) is 93.9 Å². The number of non-ortho nitro benzene ring substituents is 1. The standard InChI is InChI=1S/C26H34N6O3.C25H32N6O7.C24H38N6O5.C24H40N6O4/c1-3-5-15-27-23-22-24(32(17-28-22)16-21(33)35-4-2)30-26(29-23)31-25(34)20-13-11-19(12-14-20)18-9-7-6-8-10-18;1-6-8-9-14-30(24(33)38-25(3,4)5)23-27-21-20(26-16-29(21)15-19(32)36-7-2)22(28-23)37-18-12-10-17(11-13-18)31(34)35;1-6-8-9-12-30(23(32)35-24(3,4)5)22-27-20(26-17-10-13-33-14-11-17)19-21(28-22)29(16-25-19)15-18(31)34-7-2;1-8-11-13-15-30(23(32)34-24(4,5)6)22-26-20(28(7)14-12-9-2)19-21(27-22)29(17-25-19)16-18(31)33-10-3/h11-14,17-18H,3-10,15-16H2,1-2H3,(H2,27,29,30,31,34);10-13,16H,6-9,14-15H2,1-5H3;16-17H,6-15H2,1-5H3,(H,26,27,28);17H,8-16H2,1-7H3. The van der Waals surface area contributed by atoms with Gasteiger partial charge in [0.2, 0.25) is 23.8 Å². The van der Waals surface area contributed by atoms with E-state index in [0.717, 1.165) is 96.4 Å². The van der Waals surface area contributed by atoms with Gasteiger partial charge < -0.3 is 76.4 Å². The first-order valence-electron chi connectivity index (χ1n) is 49.6. The van der Waals surface area contributed by atoms with Gasteiger partial charge in [-0.2, -0.15) is 39.9 Å². The van der Waals surface area contributed by atoms with Crippen molar-refractivity contribution >= 4 is 140 Å². The summed E-state index contributed by atoms with van der Waals surface area (Å²) in [5, 5.41) is 20.6. The van der Waals surface area contributed by atoms with Gasteiger partial charge in [-0.3, -0.25) is 39.4 Å². The van der Waals surface area contributed by atoms with E-state index in [-0.39, 0.29) is 122 Å². The SMILES string of the molecule is CCCCCN(C(=O)OC(C)(C)C)c1nc(N(C)CCCC)c2ncn(CC(=O)OCC)c2n1.CCCCCN(C(=O)OC(C)(C)C)c1nc(NC2CCOCC2)c2ncn(CC(=O)OCC)c2n1.CCCCCN(C(=O)OC(C)(C)C)c1nc(Oc2ccc([N+](=O)[O-])cc2)c2ncn(CC(=O)OCC)c2n1.CCCCNc1nc(NC(=O)c2ccc(C3CCCCC3)cc2)nc2c1ncn2CC(=O)OCC. The minimum Gasteiger partial charge on any atom is -0.465 e. The summed E-state index contributed by atoms with van der Waals surface area (Å²) < 4.78 is 55.0. The molecule has 3 N–H and O–H groups in total. The highest BCUT2D eigenvalue weighted by atomic mass is 16.6. The number of nitro benzene ring substituents is 1. The van der Waals surface area contributed by atoms with Crippen molar-refractivity contribution in [3.63, 3.8) is 0 Å². The topological polar surface area (TPSA) is 486 Å². The third-order valence-corrected chi connectivity index (χ3v) is 22.0. The van der Waals surface area contributed by atoms with Crippen LogP contribution in [0.5, 0.6) is 11.6 Å². The van der Waals surface area contributed by atoms with Crippen molar-refractivity contribution < 1.29 is 85.9 Å². The van der Waals surface area contributed by atoms with Crippen molar-refractivity contribution in [2.45, 2.75) is 308 Å². The van der Waals surface area contributed by atoms with Crippen LogP contribution in [0.2, 0.25) is 0 Å². The maximum absolute atomic E-state index is 13.2. The Balaban J connectivity index is 0.000000211. The van der Waals surface area contributed by atoms with Crippen LogP contribution in [-0.2, 0) is 83.3 Å². The highest BCUT2D eigenvalue weighted by Crippen LogP contribution is 2.36. The van der Waals surface area contributed by atoms with Crippen molar-refractivity contribution in [3.05, 3.63) is 95.1 Å². The molecule has 2 fully saturated rings. The highest BCUT2D eigenvalue weighted by Gasteiger charge is 2.34. The lowest BCUT2D eigenvalue weighted by Gasteiger charge is -2.27. The van der Waals surface area contributed by atoms with Gasteiger partial charge in [0.05, 0.1) is 56.7 Å². The van der Waals surface area contributed by atoms with Crippen molar-refractivity contribution in [1.82, 2.24) is 78.1 Å². The predicted molar refractivity (Wildman–Crippen MR) is 540 cm³/mol. The number of esters is 4. The zero-order valence-corrected chi connectivity index (χ0v) is 86.0. The predicted octanol–water partition coefficient (Wildman–Crippen LogP) is 18.4. The van der Waals surface area contributed by atoms with Crippen LogP contribution < -0.4 is 40.3 Å². The zero-order valence-electron chi connectivity index (χ0n) is 86.0. The second-order valence-corrected chi connectivity index (χ2v) is 37.2. The second kappa shape index (κ2) is 55.0. The molecule has 10 aromatic rings. The number of anilines is 7. The van der Waals surface area contributed by atoms with Gasteiger partial charge in [-0.05, 0) is 184 Å². The van der Waals surface area contributed by atoms with Crippen LogP contribution >= 0.6 is 0 Å². The lowest BCUT2D eigenvalue weighted by molar-refractivity contribution is -0.384. The van der Waals surface area contributed by atoms with E-state index in [4.69, 9.17) is 52.6 Å². The molecule has 8 aromatic heterocycles. The first-order chi connectivity index (χ1) is 67.9. The van der Waals surface area contributed by atoms with Crippen LogP contribution in [0, 0.1) is 10.1 Å². The number of hydrogen-bond donors (Lipinski definition) is 3. The van der Waals surface area contributed by atoms with E-state index in [1.54, 1.807) is 74.8 Å². The van der Waals surface area contributed by atoms with Gasteiger partial charge in [0, 0.05) is 76.7 Å². The maximum Gasteiger partial charge on any atom is 0.417 e. The molecule has 2 aromatic carbocycles. The molecule has 9 heterocycles. The Morgan fingerprint density at radius 3 is 1.30 bits per heavy atom. The molecule has 43 nitrogen and oxygen atoms in total. The molecule has 774 valence electrons. The van der Waals surface area contributed by atoms with E-state index < -0.39 is 51.9 Å². The summed E-state index contributed by atoms with van der Waals surface area (Å²) >= 11 is 0. The van der Waals surface area contributed by atoms with Gasteiger partial charge in [0.25, 0.3) is 17.5 Å². The number of carbonyl (C=O) groups is 8. The van der Waals surface area contributed by atoms with E-state index in [1.807, 2.05) is 72.5 Å². The van der Waals surface area contributed by atoms with Crippen LogP contribution in [0.15, 0.2) is 73.8 Å². The average molecular weight is 1970 g/mol. The normalized spacial score (nSPS) is 12.9. The number of nitrogens with zero attached hydrogens (tertiary/aromatic N) is 21. The van der Waals surface area contributed by atoms with E-state index in [9.17, 15) is 48.5 Å². The molecule has 1 saturated heterocycles. The monoisotopic (exact) mass is 1970 g/mol. The second-order valence-electron chi connectivity index (χ2n) is 37.2. The molecular weight excluding hydrogens is 1830 g/mol. The molecule has 0 bridgehead atoms. The lowest BCUT2D eigenvalue weighted by atomic mass is 9.84. The molecule has 43 heteroatoms. The molecular formula is C99H144N24O19. The summed E-state index contributed by atoms with van der Waals surface area (Å²) in [5.74, 6) is 1.19. The molecule has 0 radical (unpaired) electrons. The highest BCUT2D eigenvalue weighted by molar-refractivity contribution is 6.04. The third kappa shape index (κ3) is 34.1. The number of benzene rings is 2. The minimum absolute atomic E-state index is 0.00498. The number of unbranched alkanes of at least 4 members (excludes halogenated alkanes) is 8. The Kier molecular flexibility index (Phi) is 43.3. The number of carbonyl (C=O) groups excluding carboxylic acids is 8. The van der Waals surface area contributed by atoms with Crippen LogP contribution in [0.25, 0.3) is 44.7 Å².